The van der Waals surface area contributed by atoms with Gasteiger partial charge in [-0.25, -0.2) is 21.9 Å². The van der Waals surface area contributed by atoms with E-state index in [2.05, 4.69) is 19.7 Å². The van der Waals surface area contributed by atoms with E-state index in [9.17, 15) is 17.2 Å². The van der Waals surface area contributed by atoms with Crippen LogP contribution in [-0.4, -0.2) is 51.6 Å². The van der Waals surface area contributed by atoms with Crippen molar-refractivity contribution < 1.29 is 17.2 Å². The van der Waals surface area contributed by atoms with Gasteiger partial charge in [-0.3, -0.25) is 0 Å². The summed E-state index contributed by atoms with van der Waals surface area (Å²) in [7, 11) is 2.64. The van der Waals surface area contributed by atoms with Gasteiger partial charge >= 0.3 is 0 Å². The van der Waals surface area contributed by atoms with E-state index in [1.54, 1.807) is 38.0 Å². The minimum absolute atomic E-state index is 0.141. The molecule has 136 valence electrons. The normalized spacial score (nSPS) is 11.4. The van der Waals surface area contributed by atoms with Crippen molar-refractivity contribution in [2.45, 2.75) is 11.4 Å². The van der Waals surface area contributed by atoms with Crippen LogP contribution in [0.4, 0.5) is 20.7 Å². The number of hydrogen-bond donors (Lipinski definition) is 1. The second-order valence-electron chi connectivity index (χ2n) is 5.54. The topological polar surface area (TPSA) is 91.3 Å². The average Bonchev–Trinajstić information content (AvgIpc) is 2.54. The average molecular weight is 372 g/mol. The van der Waals surface area contributed by atoms with Gasteiger partial charge in [-0.2, -0.15) is 15.0 Å². The van der Waals surface area contributed by atoms with Gasteiger partial charge in [-0.05, 0) is 18.2 Å². The van der Waals surface area contributed by atoms with Gasteiger partial charge in [-0.1, -0.05) is 0 Å². The maximum absolute atomic E-state index is 13.7. The molecule has 2 aromatic rings. The van der Waals surface area contributed by atoms with Crippen molar-refractivity contribution in [1.29, 1.82) is 0 Å². The van der Waals surface area contributed by atoms with Crippen LogP contribution in [0.1, 0.15) is 5.82 Å². The van der Waals surface area contributed by atoms with Crippen molar-refractivity contribution >= 4 is 21.9 Å². The van der Waals surface area contributed by atoms with Crippen LogP contribution >= 0.6 is 0 Å². The van der Waals surface area contributed by atoms with Crippen molar-refractivity contribution in [3.63, 3.8) is 0 Å². The van der Waals surface area contributed by atoms with E-state index in [1.165, 1.54) is 0 Å². The highest BCUT2D eigenvalue weighted by atomic mass is 32.2. The third kappa shape index (κ3) is 4.57. The zero-order valence-corrected chi connectivity index (χ0v) is 15.0. The molecule has 1 aromatic heterocycles. The third-order valence-electron chi connectivity index (χ3n) is 3.06. The first-order valence-electron chi connectivity index (χ1n) is 7.14. The van der Waals surface area contributed by atoms with Gasteiger partial charge in [0.25, 0.3) is 0 Å². The highest BCUT2D eigenvalue weighted by molar-refractivity contribution is 7.89. The predicted molar refractivity (Wildman–Crippen MR) is 88.9 cm³/mol. The molecule has 0 aliphatic carbocycles. The maximum atomic E-state index is 13.7. The molecule has 0 aliphatic heterocycles. The Morgan fingerprint density at radius 1 is 1.00 bits per heavy atom. The van der Waals surface area contributed by atoms with Crippen LogP contribution in [0.15, 0.2) is 23.1 Å². The highest BCUT2D eigenvalue weighted by Gasteiger charge is 2.21. The smallest absolute Gasteiger partial charge is 0.243 e. The van der Waals surface area contributed by atoms with E-state index in [0.29, 0.717) is 18.0 Å². The van der Waals surface area contributed by atoms with E-state index in [-0.39, 0.29) is 12.4 Å². The van der Waals surface area contributed by atoms with E-state index in [4.69, 9.17) is 0 Å². The summed E-state index contributed by atoms with van der Waals surface area (Å²) >= 11 is 0. The fourth-order valence-electron chi connectivity index (χ4n) is 1.79. The number of aromatic nitrogens is 3. The number of nitrogens with zero attached hydrogens (tertiary/aromatic N) is 5. The van der Waals surface area contributed by atoms with Crippen LogP contribution in [0.2, 0.25) is 0 Å². The lowest BCUT2D eigenvalue weighted by Crippen LogP contribution is -2.27. The molecule has 0 atom stereocenters. The Bertz CT molecular complexity index is 847. The highest BCUT2D eigenvalue weighted by Crippen LogP contribution is 2.16. The zero-order chi connectivity index (χ0) is 18.8. The number of benzene rings is 1. The van der Waals surface area contributed by atoms with Crippen LogP contribution in [-0.2, 0) is 16.6 Å². The number of nitrogens with one attached hydrogen (secondary N) is 1. The molecule has 0 saturated heterocycles. The van der Waals surface area contributed by atoms with Crippen LogP contribution in [0.3, 0.4) is 0 Å². The molecule has 0 saturated carbocycles. The number of anilines is 2. The molecular formula is C14H18F2N6O2S. The first kappa shape index (κ1) is 18.9. The van der Waals surface area contributed by atoms with Crippen molar-refractivity contribution in [3.05, 3.63) is 35.7 Å². The van der Waals surface area contributed by atoms with Crippen molar-refractivity contribution in [2.75, 3.05) is 38.0 Å². The molecule has 0 unspecified atom stereocenters. The molecule has 1 aromatic carbocycles. The Labute approximate surface area is 144 Å². The van der Waals surface area contributed by atoms with E-state index in [0.717, 1.165) is 12.1 Å². The first-order valence-corrected chi connectivity index (χ1v) is 8.63. The zero-order valence-electron chi connectivity index (χ0n) is 14.2. The van der Waals surface area contributed by atoms with Gasteiger partial charge in [-0.15, -0.1) is 0 Å². The Balaban J connectivity index is 2.29. The lowest BCUT2D eigenvalue weighted by Gasteiger charge is -2.16. The van der Waals surface area contributed by atoms with Gasteiger partial charge in [0.1, 0.15) is 16.5 Å². The van der Waals surface area contributed by atoms with Gasteiger partial charge < -0.3 is 9.80 Å². The summed E-state index contributed by atoms with van der Waals surface area (Å²) in [5.41, 5.74) is 0. The SMILES string of the molecule is CN(C)c1nc(CNS(=O)(=O)c2cc(F)ccc2F)nc(N(C)C)n1. The lowest BCUT2D eigenvalue weighted by molar-refractivity contribution is 0.544. The predicted octanol–water partition coefficient (Wildman–Crippen LogP) is 0.760. The Morgan fingerprint density at radius 2 is 1.56 bits per heavy atom. The summed E-state index contributed by atoms with van der Waals surface area (Å²) in [4.78, 5) is 15.0. The second-order valence-corrected chi connectivity index (χ2v) is 7.28. The van der Waals surface area contributed by atoms with Crippen molar-refractivity contribution in [1.82, 2.24) is 19.7 Å². The summed E-state index contributed by atoms with van der Waals surface area (Å²) in [6.07, 6.45) is 0. The molecular weight excluding hydrogens is 354 g/mol. The number of sulfonamides is 1. The molecule has 8 nitrogen and oxygen atoms in total. The van der Waals surface area contributed by atoms with Crippen LogP contribution < -0.4 is 14.5 Å². The van der Waals surface area contributed by atoms with Crippen molar-refractivity contribution in [2.24, 2.45) is 0 Å². The summed E-state index contributed by atoms with van der Waals surface area (Å²) in [5, 5.41) is 0. The third-order valence-corrected chi connectivity index (χ3v) is 4.48. The quantitative estimate of drug-likeness (QED) is 0.800. The Kier molecular flexibility index (Phi) is 5.48. The molecule has 1 N–H and O–H groups in total. The molecule has 2 rings (SSSR count). The second kappa shape index (κ2) is 7.23. The number of halogens is 2. The molecule has 0 bridgehead atoms. The van der Waals surface area contributed by atoms with Gasteiger partial charge in [0, 0.05) is 28.2 Å². The van der Waals surface area contributed by atoms with Crippen molar-refractivity contribution in [3.8, 4) is 0 Å². The van der Waals surface area contributed by atoms with E-state index >= 15 is 0 Å². The molecule has 0 spiro atoms. The first-order chi connectivity index (χ1) is 11.6. The number of rotatable bonds is 6. The van der Waals surface area contributed by atoms with Crippen LogP contribution in [0.25, 0.3) is 0 Å². The minimum Gasteiger partial charge on any atom is -0.347 e. The maximum Gasteiger partial charge on any atom is 0.243 e. The van der Waals surface area contributed by atoms with Crippen LogP contribution in [0, 0.1) is 11.6 Å². The fraction of sp³-hybridized carbons (Fsp3) is 0.357. The monoisotopic (exact) mass is 372 g/mol. The molecule has 1 heterocycles. The molecule has 25 heavy (non-hydrogen) atoms. The molecule has 0 aliphatic rings. The minimum atomic E-state index is -4.27. The fourth-order valence-corrected chi connectivity index (χ4v) is 2.86. The Morgan fingerprint density at radius 3 is 2.08 bits per heavy atom. The van der Waals surface area contributed by atoms with Gasteiger partial charge in [0.15, 0.2) is 5.82 Å². The Hall–Kier alpha value is -2.40. The van der Waals surface area contributed by atoms with E-state index in [1.807, 2.05) is 0 Å². The van der Waals surface area contributed by atoms with Crippen LogP contribution in [0.5, 0.6) is 0 Å². The van der Waals surface area contributed by atoms with Gasteiger partial charge in [0.2, 0.25) is 21.9 Å². The standard InChI is InChI=1S/C14H18F2N6O2S/c1-21(2)13-18-12(19-14(20-13)22(3)4)8-17-25(23,24)11-7-9(15)5-6-10(11)16/h5-7,17H,8H2,1-4H3. The summed E-state index contributed by atoms with van der Waals surface area (Å²) in [6, 6.07) is 2.20. The number of hydrogen-bond acceptors (Lipinski definition) is 7. The molecule has 11 heteroatoms. The largest absolute Gasteiger partial charge is 0.347 e. The lowest BCUT2D eigenvalue weighted by atomic mass is 10.3. The molecule has 0 radical (unpaired) electrons. The van der Waals surface area contributed by atoms with Gasteiger partial charge in [0.05, 0.1) is 6.54 Å². The summed E-state index contributed by atoms with van der Waals surface area (Å²) < 4.78 is 53.5. The summed E-state index contributed by atoms with van der Waals surface area (Å²) in [5.74, 6) is -1.09. The van der Waals surface area contributed by atoms with E-state index < -0.39 is 26.6 Å². The molecule has 0 amide bonds. The molecule has 0 fully saturated rings. The summed E-state index contributed by atoms with van der Waals surface area (Å²) in [6.45, 7) is -0.303.